The molecule has 1 atom stereocenters. The van der Waals surface area contributed by atoms with Gasteiger partial charge in [0.25, 0.3) is 0 Å². The molecule has 1 unspecified atom stereocenters. The van der Waals surface area contributed by atoms with Gasteiger partial charge >= 0.3 is 0 Å². The smallest absolute Gasteiger partial charge is 0.163 e. The van der Waals surface area contributed by atoms with Crippen LogP contribution in [0.25, 0.3) is 0 Å². The maximum absolute atomic E-state index is 11.0. The van der Waals surface area contributed by atoms with Crippen LogP contribution < -0.4 is 0 Å². The Hall–Kier alpha value is -1.22. The number of Topliss-reactive ketones (excluding diaryl/α,β-unsaturated/α-hetero) is 1. The highest BCUT2D eigenvalue weighted by Crippen LogP contribution is 2.15. The van der Waals surface area contributed by atoms with Crippen LogP contribution >= 0.6 is 0 Å². The molecule has 0 radical (unpaired) electrons. The number of carbonyl (C=O) groups is 1. The number of rotatable bonds is 3. The van der Waals surface area contributed by atoms with Crippen LogP contribution in [0.5, 0.6) is 0 Å². The van der Waals surface area contributed by atoms with Gasteiger partial charge < -0.3 is 4.74 Å². The monoisotopic (exact) mass is 165 g/mol. The Morgan fingerprint density at radius 1 is 1.67 bits per heavy atom. The second-order valence-electron chi connectivity index (χ2n) is 2.51. The molecular formula is C9H11NO2. The number of nitrogens with zero attached hydrogens (tertiary/aromatic N) is 1. The fraction of sp³-hybridized carbons (Fsp3) is 0.333. The molecule has 0 aromatic carbocycles. The molecule has 1 aromatic rings. The fourth-order valence-electron chi connectivity index (χ4n) is 1.07. The van der Waals surface area contributed by atoms with Crippen LogP contribution in [0.1, 0.15) is 18.6 Å². The van der Waals surface area contributed by atoms with E-state index in [0.717, 1.165) is 5.56 Å². The Morgan fingerprint density at radius 2 is 2.42 bits per heavy atom. The first-order valence-corrected chi connectivity index (χ1v) is 3.69. The van der Waals surface area contributed by atoms with E-state index in [4.69, 9.17) is 4.74 Å². The van der Waals surface area contributed by atoms with Crippen molar-refractivity contribution >= 4 is 5.78 Å². The highest BCUT2D eigenvalue weighted by atomic mass is 16.5. The Kier molecular flexibility index (Phi) is 2.94. The van der Waals surface area contributed by atoms with Crippen LogP contribution in [-0.2, 0) is 9.53 Å². The van der Waals surface area contributed by atoms with Crippen LogP contribution in [0.4, 0.5) is 0 Å². The Labute approximate surface area is 71.4 Å². The van der Waals surface area contributed by atoms with E-state index in [0.29, 0.717) is 0 Å². The van der Waals surface area contributed by atoms with Gasteiger partial charge in [-0.2, -0.15) is 0 Å². The standard InChI is InChI=1S/C9H11NO2/c1-7(11)9(12-2)8-4-3-5-10-6-8/h3-6,9H,1-2H3. The normalized spacial score (nSPS) is 12.5. The summed E-state index contributed by atoms with van der Waals surface area (Å²) in [6, 6.07) is 3.60. The summed E-state index contributed by atoms with van der Waals surface area (Å²) in [6.07, 6.45) is 2.82. The van der Waals surface area contributed by atoms with Crippen molar-refractivity contribution in [2.24, 2.45) is 0 Å². The molecule has 0 bridgehead atoms. The molecule has 1 aromatic heterocycles. The minimum Gasteiger partial charge on any atom is -0.369 e. The van der Waals surface area contributed by atoms with Gasteiger partial charge in [-0.25, -0.2) is 0 Å². The molecule has 12 heavy (non-hydrogen) atoms. The molecule has 0 saturated carbocycles. The molecule has 0 aliphatic heterocycles. The summed E-state index contributed by atoms with van der Waals surface area (Å²) in [4.78, 5) is 14.9. The van der Waals surface area contributed by atoms with Crippen LogP contribution in [0.15, 0.2) is 24.5 Å². The van der Waals surface area contributed by atoms with Crippen molar-refractivity contribution in [3.8, 4) is 0 Å². The van der Waals surface area contributed by atoms with Gasteiger partial charge in [0.1, 0.15) is 6.10 Å². The fourth-order valence-corrected chi connectivity index (χ4v) is 1.07. The third kappa shape index (κ3) is 1.89. The van der Waals surface area contributed by atoms with Crippen LogP contribution in [0, 0.1) is 0 Å². The van der Waals surface area contributed by atoms with Crippen molar-refractivity contribution in [1.82, 2.24) is 4.98 Å². The highest BCUT2D eigenvalue weighted by molar-refractivity contribution is 5.81. The summed E-state index contributed by atoms with van der Waals surface area (Å²) in [6.45, 7) is 1.50. The van der Waals surface area contributed by atoms with Crippen LogP contribution in [-0.4, -0.2) is 17.9 Å². The zero-order valence-electron chi connectivity index (χ0n) is 7.15. The number of pyridine rings is 1. The van der Waals surface area contributed by atoms with Gasteiger partial charge in [-0.05, 0) is 13.0 Å². The maximum Gasteiger partial charge on any atom is 0.163 e. The Bertz CT molecular complexity index is 258. The van der Waals surface area contributed by atoms with E-state index in [9.17, 15) is 4.79 Å². The van der Waals surface area contributed by atoms with Crippen molar-refractivity contribution in [2.75, 3.05) is 7.11 Å². The van der Waals surface area contributed by atoms with Crippen LogP contribution in [0.2, 0.25) is 0 Å². The summed E-state index contributed by atoms with van der Waals surface area (Å²) >= 11 is 0. The number of carbonyl (C=O) groups excluding carboxylic acids is 1. The largest absolute Gasteiger partial charge is 0.369 e. The van der Waals surface area contributed by atoms with E-state index >= 15 is 0 Å². The second kappa shape index (κ2) is 3.97. The zero-order valence-corrected chi connectivity index (χ0v) is 7.15. The number of hydrogen-bond acceptors (Lipinski definition) is 3. The minimum atomic E-state index is -0.473. The van der Waals surface area contributed by atoms with E-state index in [-0.39, 0.29) is 5.78 Å². The summed E-state index contributed by atoms with van der Waals surface area (Å²) in [7, 11) is 1.51. The van der Waals surface area contributed by atoms with E-state index in [1.165, 1.54) is 14.0 Å². The molecule has 0 N–H and O–H groups in total. The van der Waals surface area contributed by atoms with Gasteiger partial charge in [-0.1, -0.05) is 6.07 Å². The summed E-state index contributed by atoms with van der Waals surface area (Å²) < 4.78 is 5.01. The van der Waals surface area contributed by atoms with E-state index in [1.54, 1.807) is 18.5 Å². The molecule has 0 aliphatic carbocycles. The molecule has 0 spiro atoms. The van der Waals surface area contributed by atoms with Crippen molar-refractivity contribution < 1.29 is 9.53 Å². The van der Waals surface area contributed by atoms with Crippen molar-refractivity contribution in [3.05, 3.63) is 30.1 Å². The van der Waals surface area contributed by atoms with Crippen molar-refractivity contribution in [3.63, 3.8) is 0 Å². The van der Waals surface area contributed by atoms with Gasteiger partial charge in [0.2, 0.25) is 0 Å². The summed E-state index contributed by atoms with van der Waals surface area (Å²) in [5.41, 5.74) is 0.799. The summed E-state index contributed by atoms with van der Waals surface area (Å²) in [5, 5.41) is 0. The lowest BCUT2D eigenvalue weighted by atomic mass is 10.1. The molecule has 0 saturated heterocycles. The van der Waals surface area contributed by atoms with Gasteiger partial charge in [-0.3, -0.25) is 9.78 Å². The van der Waals surface area contributed by atoms with E-state index in [1.807, 2.05) is 6.07 Å². The lowest BCUT2D eigenvalue weighted by molar-refractivity contribution is -0.126. The number of aromatic nitrogens is 1. The molecular weight excluding hydrogens is 154 g/mol. The Balaban J connectivity index is 2.88. The highest BCUT2D eigenvalue weighted by Gasteiger charge is 2.14. The average molecular weight is 165 g/mol. The molecule has 1 rings (SSSR count). The first-order chi connectivity index (χ1) is 5.75. The average Bonchev–Trinajstić information content (AvgIpc) is 2.07. The van der Waals surface area contributed by atoms with Gasteiger partial charge in [0.05, 0.1) is 0 Å². The third-order valence-electron chi connectivity index (χ3n) is 1.59. The number of ether oxygens (including phenoxy) is 1. The minimum absolute atomic E-state index is 0.00880. The molecule has 64 valence electrons. The SMILES string of the molecule is COC(C(C)=O)c1cccnc1. The van der Waals surface area contributed by atoms with Gasteiger partial charge in [-0.15, -0.1) is 0 Å². The quantitative estimate of drug-likeness (QED) is 0.678. The number of hydrogen-bond donors (Lipinski definition) is 0. The maximum atomic E-state index is 11.0. The topological polar surface area (TPSA) is 39.2 Å². The molecule has 1 heterocycles. The first kappa shape index (κ1) is 8.87. The third-order valence-corrected chi connectivity index (χ3v) is 1.59. The van der Waals surface area contributed by atoms with Gasteiger partial charge in [0, 0.05) is 25.1 Å². The Morgan fingerprint density at radius 3 is 2.83 bits per heavy atom. The van der Waals surface area contributed by atoms with E-state index in [2.05, 4.69) is 4.98 Å². The van der Waals surface area contributed by atoms with Crippen LogP contribution in [0.3, 0.4) is 0 Å². The van der Waals surface area contributed by atoms with E-state index < -0.39 is 6.10 Å². The number of methoxy groups -OCH3 is 1. The molecule has 0 aliphatic rings. The molecule has 0 fully saturated rings. The van der Waals surface area contributed by atoms with Gasteiger partial charge in [0.15, 0.2) is 5.78 Å². The molecule has 3 heteroatoms. The van der Waals surface area contributed by atoms with Crippen molar-refractivity contribution in [2.45, 2.75) is 13.0 Å². The predicted molar refractivity (Wildman–Crippen MR) is 44.7 cm³/mol. The lowest BCUT2D eigenvalue weighted by Crippen LogP contribution is -2.10. The second-order valence-corrected chi connectivity index (χ2v) is 2.51. The predicted octanol–water partition coefficient (Wildman–Crippen LogP) is 1.36. The number of ketones is 1. The first-order valence-electron chi connectivity index (χ1n) is 3.69. The summed E-state index contributed by atoms with van der Waals surface area (Å²) in [5.74, 6) is -0.00880. The van der Waals surface area contributed by atoms with Crippen molar-refractivity contribution in [1.29, 1.82) is 0 Å². The zero-order chi connectivity index (χ0) is 8.97. The molecule has 0 amide bonds. The lowest BCUT2D eigenvalue weighted by Gasteiger charge is -2.10. The molecule has 3 nitrogen and oxygen atoms in total.